The molecule has 0 fully saturated rings. The Labute approximate surface area is 187 Å². The van der Waals surface area contributed by atoms with Crippen molar-refractivity contribution in [2.24, 2.45) is 5.92 Å². The molecule has 0 saturated carbocycles. The van der Waals surface area contributed by atoms with Crippen LogP contribution in [0.5, 0.6) is 5.75 Å². The zero-order valence-corrected chi connectivity index (χ0v) is 18.7. The van der Waals surface area contributed by atoms with E-state index in [4.69, 9.17) is 14.5 Å². The van der Waals surface area contributed by atoms with Crippen LogP contribution in [0, 0.1) is 12.8 Å². The lowest BCUT2D eigenvalue weighted by atomic mass is 10.1. The summed E-state index contributed by atoms with van der Waals surface area (Å²) in [6, 6.07) is 14.2. The van der Waals surface area contributed by atoms with E-state index < -0.39 is 5.97 Å². The molecule has 0 saturated heterocycles. The third-order valence-corrected chi connectivity index (χ3v) is 5.44. The van der Waals surface area contributed by atoms with Gasteiger partial charge in [0.05, 0.1) is 18.5 Å². The highest BCUT2D eigenvalue weighted by Crippen LogP contribution is 2.27. The molecule has 32 heavy (non-hydrogen) atoms. The number of para-hydroxylation sites is 1. The molecule has 0 spiro atoms. The van der Waals surface area contributed by atoms with Crippen LogP contribution in [-0.2, 0) is 21.0 Å². The number of nitrogens with zero attached hydrogens (tertiary/aromatic N) is 1. The fourth-order valence-electron chi connectivity index (χ4n) is 3.43. The third-order valence-electron chi connectivity index (χ3n) is 5.44. The van der Waals surface area contributed by atoms with Crippen molar-refractivity contribution in [2.45, 2.75) is 33.6 Å². The summed E-state index contributed by atoms with van der Waals surface area (Å²) in [7, 11) is 0. The van der Waals surface area contributed by atoms with Crippen LogP contribution < -0.4 is 4.74 Å². The van der Waals surface area contributed by atoms with Crippen LogP contribution in [0.15, 0.2) is 48.5 Å². The highest BCUT2D eigenvalue weighted by molar-refractivity contribution is 6.04. The maximum absolute atomic E-state index is 13.2. The molecule has 1 aromatic heterocycles. The molecule has 0 aliphatic heterocycles. The molecular formula is C25H29NO6. The number of hydrogen-bond acceptors (Lipinski definition) is 5. The van der Waals surface area contributed by atoms with Crippen LogP contribution in [0.25, 0.3) is 10.9 Å². The van der Waals surface area contributed by atoms with Crippen molar-refractivity contribution in [3.8, 4) is 5.75 Å². The lowest BCUT2D eigenvalue weighted by Crippen LogP contribution is -2.14. The Morgan fingerprint density at radius 3 is 2.44 bits per heavy atom. The minimum absolute atomic E-state index is 0.136. The summed E-state index contributed by atoms with van der Waals surface area (Å²) in [6.07, 6.45) is 0.896. The van der Waals surface area contributed by atoms with Gasteiger partial charge >= 0.3 is 5.97 Å². The molecule has 3 rings (SSSR count). The number of carboxylic acids is 1. The average molecular weight is 440 g/mol. The van der Waals surface area contributed by atoms with Crippen molar-refractivity contribution < 1.29 is 29.2 Å². The van der Waals surface area contributed by atoms with E-state index in [0.717, 1.165) is 11.8 Å². The van der Waals surface area contributed by atoms with Crippen molar-refractivity contribution in [2.75, 3.05) is 19.8 Å². The van der Waals surface area contributed by atoms with Gasteiger partial charge in [0.25, 0.3) is 5.91 Å². The average Bonchev–Trinajstić information content (AvgIpc) is 3.06. The Bertz CT molecular complexity index is 1070. The van der Waals surface area contributed by atoms with E-state index in [0.29, 0.717) is 53.8 Å². The summed E-state index contributed by atoms with van der Waals surface area (Å²) in [5.41, 5.74) is 2.46. The third kappa shape index (κ3) is 5.55. The van der Waals surface area contributed by atoms with E-state index in [1.54, 1.807) is 35.8 Å². The molecule has 0 radical (unpaired) electrons. The van der Waals surface area contributed by atoms with Gasteiger partial charge in [-0.05, 0) is 48.7 Å². The Morgan fingerprint density at radius 2 is 1.75 bits per heavy atom. The first kappa shape index (κ1) is 23.5. The van der Waals surface area contributed by atoms with Gasteiger partial charge in [-0.2, -0.15) is 0 Å². The van der Waals surface area contributed by atoms with Gasteiger partial charge < -0.3 is 9.84 Å². The fourth-order valence-corrected chi connectivity index (χ4v) is 3.43. The Kier molecular flexibility index (Phi) is 8.03. The molecule has 0 aliphatic rings. The van der Waals surface area contributed by atoms with Crippen molar-refractivity contribution in [3.05, 3.63) is 65.4 Å². The normalized spacial score (nSPS) is 12.1. The quantitative estimate of drug-likeness (QED) is 0.266. The molecule has 1 N–H and O–H groups in total. The Morgan fingerprint density at radius 1 is 1.03 bits per heavy atom. The Hall–Kier alpha value is -3.16. The number of hydrogen-bond donors (Lipinski definition) is 1. The van der Waals surface area contributed by atoms with Gasteiger partial charge in [0.15, 0.2) is 0 Å². The second-order valence-electron chi connectivity index (χ2n) is 7.78. The number of carboxylic acid groups (broad SMARTS) is 1. The summed E-state index contributed by atoms with van der Waals surface area (Å²) in [4.78, 5) is 34.8. The number of benzene rings is 2. The first-order valence-electron chi connectivity index (χ1n) is 10.7. The largest absolute Gasteiger partial charge is 0.491 e. The predicted molar refractivity (Wildman–Crippen MR) is 121 cm³/mol. The molecule has 0 aliphatic carbocycles. The second kappa shape index (κ2) is 10.9. The summed E-state index contributed by atoms with van der Waals surface area (Å²) >= 11 is 0. The number of aromatic nitrogens is 1. The van der Waals surface area contributed by atoms with E-state index in [9.17, 15) is 14.7 Å². The van der Waals surface area contributed by atoms with Crippen molar-refractivity contribution in [1.29, 1.82) is 0 Å². The smallest absolute Gasteiger partial charge is 0.307 e. The molecular weight excluding hydrogens is 410 g/mol. The van der Waals surface area contributed by atoms with Crippen LogP contribution in [-0.4, -0.2) is 41.4 Å². The first-order valence-corrected chi connectivity index (χ1v) is 10.7. The molecule has 3 aromatic rings. The fraction of sp³-hybridized carbons (Fsp3) is 0.360. The molecule has 2 aromatic carbocycles. The minimum atomic E-state index is -0.931. The zero-order valence-electron chi connectivity index (χ0n) is 18.7. The summed E-state index contributed by atoms with van der Waals surface area (Å²) in [5.74, 6) is -0.0853. The molecule has 1 unspecified atom stereocenters. The summed E-state index contributed by atoms with van der Waals surface area (Å²) in [5, 5.41) is 10.0. The summed E-state index contributed by atoms with van der Waals surface area (Å²) < 4.78 is 7.21. The zero-order chi connectivity index (χ0) is 23.1. The number of rotatable bonds is 11. The van der Waals surface area contributed by atoms with Gasteiger partial charge in [-0.15, -0.1) is 0 Å². The summed E-state index contributed by atoms with van der Waals surface area (Å²) in [6.45, 7) is 7.14. The van der Waals surface area contributed by atoms with Crippen LogP contribution >= 0.6 is 0 Å². The molecule has 1 atom stereocenters. The number of carbonyl (C=O) groups is 2. The van der Waals surface area contributed by atoms with Crippen molar-refractivity contribution in [1.82, 2.24) is 4.57 Å². The second-order valence-corrected chi connectivity index (χ2v) is 7.78. The van der Waals surface area contributed by atoms with Gasteiger partial charge in [-0.25, -0.2) is 9.78 Å². The van der Waals surface area contributed by atoms with Gasteiger partial charge in [-0.3, -0.25) is 14.2 Å². The maximum atomic E-state index is 13.2. The minimum Gasteiger partial charge on any atom is -0.491 e. The maximum Gasteiger partial charge on any atom is 0.307 e. The topological polar surface area (TPSA) is 87.0 Å². The molecule has 0 amide bonds. The van der Waals surface area contributed by atoms with E-state index in [1.165, 1.54) is 0 Å². The van der Waals surface area contributed by atoms with Crippen molar-refractivity contribution in [3.63, 3.8) is 0 Å². The molecule has 0 bridgehead atoms. The van der Waals surface area contributed by atoms with Gasteiger partial charge in [-0.1, -0.05) is 38.5 Å². The lowest BCUT2D eigenvalue weighted by Gasteiger charge is -2.10. The molecule has 1 heterocycles. The van der Waals surface area contributed by atoms with Crippen molar-refractivity contribution >= 4 is 22.8 Å². The van der Waals surface area contributed by atoms with Crippen LogP contribution in [0.2, 0.25) is 0 Å². The van der Waals surface area contributed by atoms with E-state index in [2.05, 4.69) is 13.8 Å². The van der Waals surface area contributed by atoms with E-state index in [-0.39, 0.29) is 12.3 Å². The van der Waals surface area contributed by atoms with Gasteiger partial charge in [0.2, 0.25) is 0 Å². The van der Waals surface area contributed by atoms with E-state index >= 15 is 0 Å². The standard InChI is InChI=1S/C25H29NO6/c1-4-17(2)16-32-31-14-13-30-20-11-9-19(10-12-20)25(29)26-18(3)22(15-24(27)28)21-7-5-6-8-23(21)26/h5-12,17H,4,13-16H2,1-3H3,(H,27,28). The monoisotopic (exact) mass is 439 g/mol. The number of carbonyl (C=O) groups excluding carboxylic acids is 1. The SMILES string of the molecule is CCC(C)COOCCOc1ccc(C(=O)n2c(C)c(CC(=O)O)c3ccccc32)cc1. The van der Waals surface area contributed by atoms with Crippen LogP contribution in [0.1, 0.15) is 41.9 Å². The van der Waals surface area contributed by atoms with Gasteiger partial charge in [0.1, 0.15) is 19.0 Å². The molecule has 170 valence electrons. The highest BCUT2D eigenvalue weighted by Gasteiger charge is 2.21. The Balaban J connectivity index is 1.67. The van der Waals surface area contributed by atoms with Crippen LogP contribution in [0.3, 0.4) is 0 Å². The molecule has 7 heteroatoms. The lowest BCUT2D eigenvalue weighted by molar-refractivity contribution is -0.302. The number of ether oxygens (including phenoxy) is 1. The first-order chi connectivity index (χ1) is 15.4. The van der Waals surface area contributed by atoms with Crippen LogP contribution in [0.4, 0.5) is 0 Å². The molecule has 7 nitrogen and oxygen atoms in total. The predicted octanol–water partition coefficient (Wildman–Crippen LogP) is 4.64. The van der Waals surface area contributed by atoms with E-state index in [1.807, 2.05) is 24.3 Å². The number of aliphatic carboxylic acids is 1. The highest BCUT2D eigenvalue weighted by atomic mass is 17.2. The number of fused-ring (bicyclic) bond motifs is 1. The van der Waals surface area contributed by atoms with Gasteiger partial charge in [0, 0.05) is 16.6 Å².